The molecule has 0 unspecified atom stereocenters. The second-order valence-electron chi connectivity index (χ2n) is 3.32. The molecule has 56 valence electrons. The minimum Gasteiger partial charge on any atom is -0.402 e. The van der Waals surface area contributed by atoms with Crippen LogP contribution < -0.4 is 0 Å². The van der Waals surface area contributed by atoms with Gasteiger partial charge in [0.2, 0.25) is 0 Å². The maximum absolute atomic E-state index is 5.26. The molecule has 0 aliphatic heterocycles. The summed E-state index contributed by atoms with van der Waals surface area (Å²) < 4.78 is 10.1. The molecule has 0 aliphatic carbocycles. The van der Waals surface area contributed by atoms with Gasteiger partial charge in [0.25, 0.3) is 0 Å². The second-order valence-corrected chi connectivity index (χ2v) is 4.54. The standard InChI is InChI=1S/C6H16O2Si/c1-6(2,3)5-8-9-7-4/h5,9H2,1-4H3. The van der Waals surface area contributed by atoms with Gasteiger partial charge in [-0.15, -0.1) is 0 Å². The summed E-state index contributed by atoms with van der Waals surface area (Å²) >= 11 is 0. The highest BCUT2D eigenvalue weighted by molar-refractivity contribution is 6.17. The zero-order valence-corrected chi connectivity index (χ0v) is 8.14. The van der Waals surface area contributed by atoms with Gasteiger partial charge in [-0.25, -0.2) is 0 Å². The van der Waals surface area contributed by atoms with E-state index in [1.54, 1.807) is 7.11 Å². The molecule has 0 N–H and O–H groups in total. The van der Waals surface area contributed by atoms with Crippen molar-refractivity contribution in [2.75, 3.05) is 13.7 Å². The molecule has 0 fully saturated rings. The molecule has 3 heteroatoms. The maximum Gasteiger partial charge on any atom is 0.304 e. The predicted octanol–water partition coefficient (Wildman–Crippen LogP) is 0.694. The van der Waals surface area contributed by atoms with Crippen molar-refractivity contribution in [2.45, 2.75) is 20.8 Å². The Morgan fingerprint density at radius 1 is 1.33 bits per heavy atom. The Hall–Kier alpha value is 0.137. The number of hydrogen-bond donors (Lipinski definition) is 0. The van der Waals surface area contributed by atoms with E-state index in [0.29, 0.717) is 0 Å². The zero-order chi connectivity index (χ0) is 7.33. The van der Waals surface area contributed by atoms with Crippen LogP contribution in [0.5, 0.6) is 0 Å². The molecule has 9 heavy (non-hydrogen) atoms. The van der Waals surface area contributed by atoms with E-state index in [4.69, 9.17) is 8.85 Å². The van der Waals surface area contributed by atoms with E-state index in [1.807, 2.05) is 0 Å². The molecule has 0 saturated carbocycles. The molecule has 2 nitrogen and oxygen atoms in total. The fraction of sp³-hybridized carbons (Fsp3) is 1.00. The van der Waals surface area contributed by atoms with Crippen LogP contribution >= 0.6 is 0 Å². The lowest BCUT2D eigenvalue weighted by Gasteiger charge is -2.17. The van der Waals surface area contributed by atoms with Gasteiger partial charge in [-0.3, -0.25) is 0 Å². The Kier molecular flexibility index (Phi) is 4.09. The third kappa shape index (κ3) is 8.14. The van der Waals surface area contributed by atoms with Crippen molar-refractivity contribution in [3.05, 3.63) is 0 Å². The fourth-order valence-electron chi connectivity index (χ4n) is 0.431. The Morgan fingerprint density at radius 3 is 2.22 bits per heavy atom. The molecule has 0 atom stereocenters. The molecular weight excluding hydrogens is 132 g/mol. The van der Waals surface area contributed by atoms with E-state index in [0.717, 1.165) is 6.61 Å². The van der Waals surface area contributed by atoms with E-state index < -0.39 is 10.0 Å². The van der Waals surface area contributed by atoms with Gasteiger partial charge < -0.3 is 8.85 Å². The number of rotatable bonds is 3. The lowest BCUT2D eigenvalue weighted by atomic mass is 9.99. The Morgan fingerprint density at radius 2 is 1.89 bits per heavy atom. The van der Waals surface area contributed by atoms with Crippen LogP contribution in [0.2, 0.25) is 0 Å². The fourth-order valence-corrected chi connectivity index (χ4v) is 1.29. The molecule has 0 saturated heterocycles. The molecular formula is C6H16O2Si. The minimum absolute atomic E-state index is 0.283. The van der Waals surface area contributed by atoms with Crippen molar-refractivity contribution in [2.24, 2.45) is 5.41 Å². The van der Waals surface area contributed by atoms with Gasteiger partial charge >= 0.3 is 10.0 Å². The van der Waals surface area contributed by atoms with Crippen LogP contribution in [0.25, 0.3) is 0 Å². The zero-order valence-electron chi connectivity index (χ0n) is 6.73. The summed E-state index contributed by atoms with van der Waals surface area (Å²) in [7, 11) is 1.03. The van der Waals surface area contributed by atoms with Crippen LogP contribution in [0, 0.1) is 5.41 Å². The first kappa shape index (κ1) is 9.14. The van der Waals surface area contributed by atoms with Crippen molar-refractivity contribution >= 4 is 10.0 Å². The highest BCUT2D eigenvalue weighted by atomic mass is 28.3. The van der Waals surface area contributed by atoms with Crippen LogP contribution in [0.15, 0.2) is 0 Å². The van der Waals surface area contributed by atoms with Crippen molar-refractivity contribution in [1.82, 2.24) is 0 Å². The first-order chi connectivity index (χ1) is 4.06. The summed E-state index contributed by atoms with van der Waals surface area (Å²) in [6, 6.07) is 0. The second kappa shape index (κ2) is 4.03. The van der Waals surface area contributed by atoms with E-state index >= 15 is 0 Å². The van der Waals surface area contributed by atoms with E-state index in [-0.39, 0.29) is 5.41 Å². The Balaban J connectivity index is 3.07. The van der Waals surface area contributed by atoms with Crippen LogP contribution in [0.1, 0.15) is 20.8 Å². The molecule has 0 aromatic carbocycles. The molecule has 0 bridgehead atoms. The molecule has 0 radical (unpaired) electrons. The first-order valence-corrected chi connectivity index (χ1v) is 4.28. The number of hydrogen-bond acceptors (Lipinski definition) is 2. The molecule has 0 amide bonds. The minimum atomic E-state index is -0.658. The highest BCUT2D eigenvalue weighted by Gasteiger charge is 2.08. The van der Waals surface area contributed by atoms with Crippen LogP contribution in [-0.4, -0.2) is 23.7 Å². The first-order valence-electron chi connectivity index (χ1n) is 3.13. The Labute approximate surface area is 59.6 Å². The van der Waals surface area contributed by atoms with Crippen LogP contribution in [0.3, 0.4) is 0 Å². The smallest absolute Gasteiger partial charge is 0.304 e. The van der Waals surface area contributed by atoms with E-state index in [1.165, 1.54) is 0 Å². The van der Waals surface area contributed by atoms with Crippen LogP contribution in [0.4, 0.5) is 0 Å². The topological polar surface area (TPSA) is 18.5 Å². The molecule has 0 aromatic rings. The highest BCUT2D eigenvalue weighted by Crippen LogP contribution is 2.11. The monoisotopic (exact) mass is 148 g/mol. The summed E-state index contributed by atoms with van der Waals surface area (Å²) in [5, 5.41) is 0. The largest absolute Gasteiger partial charge is 0.402 e. The summed E-state index contributed by atoms with van der Waals surface area (Å²) in [5.41, 5.74) is 0.283. The van der Waals surface area contributed by atoms with Crippen molar-refractivity contribution in [3.8, 4) is 0 Å². The lowest BCUT2D eigenvalue weighted by molar-refractivity contribution is 0.172. The predicted molar refractivity (Wildman–Crippen MR) is 41.0 cm³/mol. The summed E-state index contributed by atoms with van der Waals surface area (Å²) in [4.78, 5) is 0. The van der Waals surface area contributed by atoms with Crippen molar-refractivity contribution in [3.63, 3.8) is 0 Å². The average molecular weight is 148 g/mol. The van der Waals surface area contributed by atoms with Gasteiger partial charge in [-0.05, 0) is 5.41 Å². The molecule has 0 aliphatic rings. The maximum atomic E-state index is 5.26. The van der Waals surface area contributed by atoms with Crippen molar-refractivity contribution < 1.29 is 8.85 Å². The summed E-state index contributed by atoms with van der Waals surface area (Å²) in [6.07, 6.45) is 0. The lowest BCUT2D eigenvalue weighted by Crippen LogP contribution is -2.17. The van der Waals surface area contributed by atoms with Gasteiger partial charge in [0.1, 0.15) is 0 Å². The summed E-state index contributed by atoms with van der Waals surface area (Å²) in [6.45, 7) is 7.26. The third-order valence-electron chi connectivity index (χ3n) is 0.736. The third-order valence-corrected chi connectivity index (χ3v) is 1.34. The van der Waals surface area contributed by atoms with Gasteiger partial charge in [0, 0.05) is 13.7 Å². The van der Waals surface area contributed by atoms with E-state index in [2.05, 4.69) is 20.8 Å². The average Bonchev–Trinajstić information content (AvgIpc) is 1.63. The van der Waals surface area contributed by atoms with Gasteiger partial charge in [0.05, 0.1) is 0 Å². The molecule has 0 spiro atoms. The normalized spacial score (nSPS) is 13.3. The SMILES string of the molecule is CO[SiH2]OCC(C)(C)C. The molecule has 0 rings (SSSR count). The van der Waals surface area contributed by atoms with Gasteiger partial charge in [-0.1, -0.05) is 20.8 Å². The van der Waals surface area contributed by atoms with Crippen molar-refractivity contribution in [1.29, 1.82) is 0 Å². The summed E-state index contributed by atoms with van der Waals surface area (Å²) in [5.74, 6) is 0. The molecule has 0 aromatic heterocycles. The quantitative estimate of drug-likeness (QED) is 0.433. The van der Waals surface area contributed by atoms with E-state index in [9.17, 15) is 0 Å². The van der Waals surface area contributed by atoms with Gasteiger partial charge in [0.15, 0.2) is 0 Å². The van der Waals surface area contributed by atoms with Crippen LogP contribution in [-0.2, 0) is 8.85 Å². The van der Waals surface area contributed by atoms with Gasteiger partial charge in [-0.2, -0.15) is 0 Å². The molecule has 0 heterocycles. The Bertz CT molecular complexity index is 67.9.